The van der Waals surface area contributed by atoms with Crippen molar-refractivity contribution in [2.24, 2.45) is 11.7 Å². The molecule has 0 bridgehead atoms. The zero-order valence-corrected chi connectivity index (χ0v) is 23.0. The van der Waals surface area contributed by atoms with E-state index >= 15 is 0 Å². The molecule has 1 aromatic rings. The van der Waals surface area contributed by atoms with Crippen molar-refractivity contribution in [3.8, 4) is 11.5 Å². The lowest BCUT2D eigenvalue weighted by Gasteiger charge is -2.52. The van der Waals surface area contributed by atoms with Gasteiger partial charge in [0.15, 0.2) is 0 Å². The second-order valence-corrected chi connectivity index (χ2v) is 10.4. The Morgan fingerprint density at radius 3 is 2.41 bits per heavy atom. The number of ketones is 1. The minimum absolute atomic E-state index is 0.0146. The van der Waals surface area contributed by atoms with E-state index in [-0.39, 0.29) is 35.1 Å². The summed E-state index contributed by atoms with van der Waals surface area (Å²) in [6.07, 6.45) is -5.38. The molecular weight excluding hydrogens is 551 g/mol. The van der Waals surface area contributed by atoms with Gasteiger partial charge in [-0.3, -0.25) is 14.4 Å². The van der Waals surface area contributed by atoms with Gasteiger partial charge in [0.2, 0.25) is 11.4 Å². The van der Waals surface area contributed by atoms with E-state index in [9.17, 15) is 48.0 Å². The van der Waals surface area contributed by atoms with Gasteiger partial charge in [-0.05, 0) is 57.8 Å². The Morgan fingerprint density at radius 2 is 1.93 bits per heavy atom. The number of nitrogens with one attached hydrogen (secondary N) is 2. The zero-order chi connectivity index (χ0) is 31.1. The Labute approximate surface area is 233 Å². The van der Waals surface area contributed by atoms with Crippen molar-refractivity contribution in [2.75, 3.05) is 14.1 Å². The summed E-state index contributed by atoms with van der Waals surface area (Å²) < 4.78 is 45.5. The van der Waals surface area contributed by atoms with Crippen LogP contribution < -0.4 is 21.1 Å². The molecule has 14 heteroatoms. The Morgan fingerprint density at radius 1 is 1.29 bits per heavy atom. The fourth-order valence-electron chi connectivity index (χ4n) is 6.03. The van der Waals surface area contributed by atoms with Crippen LogP contribution in [0.3, 0.4) is 0 Å². The molecule has 0 saturated heterocycles. The van der Waals surface area contributed by atoms with Crippen LogP contribution in [0.1, 0.15) is 55.3 Å². The first-order valence-electron chi connectivity index (χ1n) is 12.9. The van der Waals surface area contributed by atoms with Gasteiger partial charge < -0.3 is 41.5 Å². The van der Waals surface area contributed by atoms with Crippen LogP contribution in [0.5, 0.6) is 11.5 Å². The lowest BCUT2D eigenvalue weighted by atomic mass is 9.58. The average Bonchev–Trinajstić information content (AvgIpc) is 2.88. The smallest absolute Gasteiger partial charge is 0.511 e. The highest BCUT2D eigenvalue weighted by atomic mass is 19.4. The number of primary amides is 1. The molecule has 2 unspecified atom stereocenters. The molecule has 3 rings (SSSR count). The van der Waals surface area contributed by atoms with E-state index in [1.165, 1.54) is 20.0 Å². The standard InChI is InChI=1S/C27H34F3N3O8/c1-5-6-17(32-3)15-8-18(35)12(2)14(21(15)41-27(28,29)30)7-13-9-25(33-4)10-19(36)20(24(31)39)23(38)26(25,40)22(37)16(13)11-34/h8,11,13,17,32-33,35-37,40H,5-7,9-10H2,1-4H3,(H2,31,39)/t13?,17?,25-,26+/m1/s1. The Bertz CT molecular complexity index is 1330. The van der Waals surface area contributed by atoms with Gasteiger partial charge in [0.1, 0.15) is 34.9 Å². The van der Waals surface area contributed by atoms with Crippen molar-refractivity contribution in [1.82, 2.24) is 10.6 Å². The minimum Gasteiger partial charge on any atom is -0.511 e. The van der Waals surface area contributed by atoms with Gasteiger partial charge in [0, 0.05) is 29.2 Å². The number of hydrogen-bond acceptors (Lipinski definition) is 10. The predicted molar refractivity (Wildman–Crippen MR) is 139 cm³/mol. The number of benzene rings is 1. The number of aliphatic hydroxyl groups excluding tert-OH is 2. The largest absolute Gasteiger partial charge is 0.573 e. The molecule has 2 aliphatic carbocycles. The molecule has 4 atom stereocenters. The molecule has 8 N–H and O–H groups in total. The van der Waals surface area contributed by atoms with Crippen LogP contribution in [0, 0.1) is 12.8 Å². The zero-order valence-electron chi connectivity index (χ0n) is 23.0. The number of Topliss-reactive ketones (excluding diaryl/α,β-unsaturated/α-hetero) is 1. The first-order valence-corrected chi connectivity index (χ1v) is 12.9. The van der Waals surface area contributed by atoms with Gasteiger partial charge in [0.25, 0.3) is 5.91 Å². The second kappa shape index (κ2) is 11.3. The maximum absolute atomic E-state index is 13.7. The number of alkyl halides is 3. The fourth-order valence-corrected chi connectivity index (χ4v) is 6.03. The molecule has 1 aromatic carbocycles. The van der Waals surface area contributed by atoms with Gasteiger partial charge in [-0.25, -0.2) is 0 Å². The average molecular weight is 586 g/mol. The topological polar surface area (TPSA) is 191 Å². The number of rotatable bonds is 10. The molecule has 0 radical (unpaired) electrons. The van der Waals surface area contributed by atoms with Crippen LogP contribution in [0.2, 0.25) is 0 Å². The highest BCUT2D eigenvalue weighted by Gasteiger charge is 2.66. The molecule has 0 spiro atoms. The van der Waals surface area contributed by atoms with E-state index in [2.05, 4.69) is 15.4 Å². The summed E-state index contributed by atoms with van der Waals surface area (Å²) in [5.41, 5.74) is -1.15. The number of aliphatic hydroxyl groups is 3. The van der Waals surface area contributed by atoms with Crippen LogP contribution in [0.25, 0.3) is 0 Å². The Balaban J connectivity index is 2.28. The summed E-state index contributed by atoms with van der Waals surface area (Å²) >= 11 is 0. The molecule has 0 aliphatic heterocycles. The third-order valence-corrected chi connectivity index (χ3v) is 8.14. The third-order valence-electron chi connectivity index (χ3n) is 8.14. The lowest BCUT2D eigenvalue weighted by molar-refractivity contribution is -0.275. The second-order valence-electron chi connectivity index (χ2n) is 10.4. The summed E-state index contributed by atoms with van der Waals surface area (Å²) in [5, 5.41) is 49.6. The number of aromatic hydroxyl groups is 1. The van der Waals surface area contributed by atoms with E-state index in [1.54, 1.807) is 7.05 Å². The first-order chi connectivity index (χ1) is 19.0. The van der Waals surface area contributed by atoms with Crippen molar-refractivity contribution >= 4 is 18.0 Å². The van der Waals surface area contributed by atoms with Crippen molar-refractivity contribution in [2.45, 2.75) is 69.5 Å². The summed E-state index contributed by atoms with van der Waals surface area (Å²) in [4.78, 5) is 37.4. The highest BCUT2D eigenvalue weighted by molar-refractivity contribution is 6.24. The normalized spacial score (nSPS) is 25.7. The number of aldehydes is 1. The molecule has 11 nitrogen and oxygen atoms in total. The molecule has 0 heterocycles. The number of carbonyl (C=O) groups excluding carboxylic acids is 3. The molecule has 0 aromatic heterocycles. The van der Waals surface area contributed by atoms with Gasteiger partial charge in [-0.15, -0.1) is 13.2 Å². The summed E-state index contributed by atoms with van der Waals surface area (Å²) in [6, 6.07) is 0.523. The molecule has 2 aliphatic rings. The van der Waals surface area contributed by atoms with Crippen LogP contribution in [-0.2, 0) is 20.8 Å². The van der Waals surface area contributed by atoms with E-state index in [4.69, 9.17) is 5.73 Å². The number of ether oxygens (including phenoxy) is 1. The van der Waals surface area contributed by atoms with Gasteiger partial charge in [-0.1, -0.05) is 13.3 Å². The van der Waals surface area contributed by atoms with Crippen molar-refractivity contribution in [1.29, 1.82) is 0 Å². The lowest BCUT2D eigenvalue weighted by Crippen LogP contribution is -2.72. The summed E-state index contributed by atoms with van der Waals surface area (Å²) in [6.45, 7) is 3.19. The predicted octanol–water partition coefficient (Wildman–Crippen LogP) is 2.19. The maximum Gasteiger partial charge on any atom is 0.573 e. The number of amides is 1. The highest BCUT2D eigenvalue weighted by Crippen LogP contribution is 2.51. The number of carbonyl (C=O) groups is 3. The van der Waals surface area contributed by atoms with Crippen LogP contribution in [0.15, 0.2) is 28.7 Å². The first kappa shape index (κ1) is 31.9. The number of nitrogens with two attached hydrogens (primary N) is 1. The van der Waals surface area contributed by atoms with Gasteiger partial charge in [0.05, 0.1) is 5.54 Å². The molecule has 41 heavy (non-hydrogen) atoms. The van der Waals surface area contributed by atoms with Crippen LogP contribution in [0.4, 0.5) is 13.2 Å². The van der Waals surface area contributed by atoms with E-state index < -0.39 is 82.4 Å². The van der Waals surface area contributed by atoms with Crippen molar-refractivity contribution < 1.29 is 52.7 Å². The molecular formula is C27H34F3N3O8. The monoisotopic (exact) mass is 585 g/mol. The minimum atomic E-state index is -5.13. The number of allylic oxidation sites excluding steroid dienone is 1. The number of phenolic OH excluding ortho intramolecular Hbond substituents is 1. The Kier molecular flexibility index (Phi) is 8.82. The SMILES string of the molecule is CCCC(NC)c1cc(O)c(C)c(CC2C[C@@]3(NC)CC(O)=C(C(N)=O)C(=O)[C@@]3(O)C(O)=C2C=O)c1OC(F)(F)F. The van der Waals surface area contributed by atoms with Gasteiger partial charge >= 0.3 is 6.36 Å². The molecule has 0 saturated carbocycles. The number of fused-ring (bicyclic) bond motifs is 1. The Hall–Kier alpha value is -3.62. The van der Waals surface area contributed by atoms with Crippen molar-refractivity contribution in [3.63, 3.8) is 0 Å². The molecule has 0 fully saturated rings. The number of hydrogen-bond donors (Lipinski definition) is 7. The summed E-state index contributed by atoms with van der Waals surface area (Å²) in [7, 11) is 2.84. The van der Waals surface area contributed by atoms with E-state index in [1.807, 2.05) is 6.92 Å². The molecule has 226 valence electrons. The number of phenols is 1. The third kappa shape index (κ3) is 5.26. The van der Waals surface area contributed by atoms with E-state index in [0.717, 1.165) is 0 Å². The quantitative estimate of drug-likeness (QED) is 0.158. The number of halogens is 3. The van der Waals surface area contributed by atoms with Gasteiger partial charge in [-0.2, -0.15) is 0 Å². The fraction of sp³-hybridized carbons (Fsp3) is 0.519. The van der Waals surface area contributed by atoms with E-state index in [0.29, 0.717) is 12.8 Å². The van der Waals surface area contributed by atoms with Crippen molar-refractivity contribution in [3.05, 3.63) is 45.4 Å². The van der Waals surface area contributed by atoms with Crippen LogP contribution >= 0.6 is 0 Å². The summed E-state index contributed by atoms with van der Waals surface area (Å²) in [5.74, 6) is -6.79. The molecule has 1 amide bonds. The number of likely N-dealkylation sites (N-methyl/N-ethyl adjacent to an activating group) is 1. The maximum atomic E-state index is 13.7. The van der Waals surface area contributed by atoms with Crippen LogP contribution in [-0.4, -0.2) is 70.0 Å².